The fourth-order valence-corrected chi connectivity index (χ4v) is 4.93. The summed E-state index contributed by atoms with van der Waals surface area (Å²) in [6.07, 6.45) is 7.02. The molecule has 196 valence electrons. The van der Waals surface area contributed by atoms with Crippen molar-refractivity contribution in [2.24, 2.45) is 0 Å². The van der Waals surface area contributed by atoms with Gasteiger partial charge in [0.2, 0.25) is 5.95 Å². The second-order valence-electron chi connectivity index (χ2n) is 8.77. The molecule has 0 unspecified atom stereocenters. The highest BCUT2D eigenvalue weighted by Gasteiger charge is 2.18. The maximum Gasteiger partial charge on any atom is 0.227 e. The predicted octanol–water partition coefficient (Wildman–Crippen LogP) is 5.75. The van der Waals surface area contributed by atoms with Gasteiger partial charge in [-0.05, 0) is 31.2 Å². The van der Waals surface area contributed by atoms with Crippen LogP contribution in [-0.4, -0.2) is 61.8 Å². The number of rotatable bonds is 8. The van der Waals surface area contributed by atoms with Crippen LogP contribution in [0.5, 0.6) is 11.5 Å². The zero-order valence-corrected chi connectivity index (χ0v) is 23.0. The van der Waals surface area contributed by atoms with Gasteiger partial charge in [-0.3, -0.25) is 0 Å². The molecule has 4 rings (SSSR count). The Bertz CT molecular complexity index is 1220. The number of ether oxygens (including phenoxy) is 2. The third-order valence-corrected chi connectivity index (χ3v) is 7.27. The van der Waals surface area contributed by atoms with Gasteiger partial charge in [0.25, 0.3) is 0 Å². The van der Waals surface area contributed by atoms with Crippen molar-refractivity contribution in [3.63, 3.8) is 0 Å². The zero-order chi connectivity index (χ0) is 26.5. The number of hydrogen-bond acceptors (Lipinski definition) is 8. The molecule has 1 aliphatic heterocycles. The van der Waals surface area contributed by atoms with Gasteiger partial charge in [0.05, 0.1) is 35.6 Å². The maximum atomic E-state index is 6.45. The lowest BCUT2D eigenvalue weighted by atomic mass is 10.1. The number of nitrogens with two attached hydrogens (primary N) is 1. The number of hydrogen-bond donors (Lipinski definition) is 2. The molecule has 1 aromatic heterocycles. The van der Waals surface area contributed by atoms with Crippen LogP contribution in [0.3, 0.4) is 0 Å². The molecule has 0 saturated carbocycles. The van der Waals surface area contributed by atoms with Crippen LogP contribution in [0.4, 0.5) is 23.0 Å². The summed E-state index contributed by atoms with van der Waals surface area (Å²) in [5, 5.41) is 4.05. The van der Waals surface area contributed by atoms with Gasteiger partial charge in [0.1, 0.15) is 11.5 Å². The summed E-state index contributed by atoms with van der Waals surface area (Å²) in [7, 11) is 3.08. The first-order valence-corrected chi connectivity index (χ1v) is 12.8. The first-order valence-electron chi connectivity index (χ1n) is 12.1. The molecule has 0 amide bonds. The number of anilines is 4. The van der Waals surface area contributed by atoms with E-state index in [2.05, 4.69) is 38.1 Å². The third kappa shape index (κ3) is 6.04. The number of likely N-dealkylation sites (N-methyl/N-ethyl adjacent to an activating group) is 1. The van der Waals surface area contributed by atoms with Crippen molar-refractivity contribution in [3.8, 4) is 11.5 Å². The van der Waals surface area contributed by atoms with E-state index in [0.717, 1.165) is 55.2 Å². The largest absolute Gasteiger partial charge is 0.495 e. The lowest BCUT2D eigenvalue weighted by Crippen LogP contribution is -2.46. The fourth-order valence-electron chi connectivity index (χ4n) is 4.30. The third-order valence-electron chi connectivity index (χ3n) is 6.49. The topological polar surface area (TPSA) is 88.8 Å². The van der Waals surface area contributed by atoms with E-state index >= 15 is 0 Å². The van der Waals surface area contributed by atoms with Crippen LogP contribution in [0.15, 0.2) is 30.6 Å². The molecular weight excluding hydrogens is 511 g/mol. The van der Waals surface area contributed by atoms with Gasteiger partial charge in [-0.1, -0.05) is 42.3 Å². The lowest BCUT2D eigenvalue weighted by Gasteiger charge is -2.36. The number of aromatic nitrogens is 2. The zero-order valence-electron chi connectivity index (χ0n) is 21.5. The predicted molar refractivity (Wildman–Crippen MR) is 154 cm³/mol. The molecule has 10 heteroatoms. The van der Waals surface area contributed by atoms with E-state index < -0.39 is 0 Å². The van der Waals surface area contributed by atoms with Gasteiger partial charge in [-0.2, -0.15) is 0 Å². The number of aryl methyl sites for hydroxylation is 1. The van der Waals surface area contributed by atoms with Crippen molar-refractivity contribution in [1.82, 2.24) is 14.9 Å². The SMILES string of the molecule is CCN1CCN(c2cc(C)c(Nc3ncc(/C=C/c4c(Cl)c(OC)cc(OC)c4Cl)cn3)c(N)c2)CC1. The summed E-state index contributed by atoms with van der Waals surface area (Å²) in [6.45, 7) is 9.45. The minimum atomic E-state index is 0.394. The van der Waals surface area contributed by atoms with Crippen molar-refractivity contribution < 1.29 is 9.47 Å². The summed E-state index contributed by atoms with van der Waals surface area (Å²) in [4.78, 5) is 13.7. The minimum Gasteiger partial charge on any atom is -0.495 e. The number of benzene rings is 2. The lowest BCUT2D eigenvalue weighted by molar-refractivity contribution is 0.271. The number of nitrogens with zero attached hydrogens (tertiary/aromatic N) is 4. The molecule has 0 bridgehead atoms. The van der Waals surface area contributed by atoms with Gasteiger partial charge < -0.3 is 30.3 Å². The standard InChI is InChI=1S/C27H32Cl2N6O2/c1-5-34-8-10-35(11-9-34)19-12-17(2)26(21(30)13-19)33-27-31-15-18(16-32-27)6-7-20-24(28)22(36-3)14-23(37-4)25(20)29/h6-7,12-16H,5,8-11,30H2,1-4H3,(H,31,32,33)/b7-6+. The smallest absolute Gasteiger partial charge is 0.227 e. The van der Waals surface area contributed by atoms with E-state index in [1.807, 2.05) is 19.1 Å². The van der Waals surface area contributed by atoms with E-state index in [4.69, 9.17) is 38.4 Å². The Morgan fingerprint density at radius 2 is 1.59 bits per heavy atom. The average molecular weight is 543 g/mol. The molecule has 3 aromatic rings. The summed E-state index contributed by atoms with van der Waals surface area (Å²) in [6, 6.07) is 5.83. The van der Waals surface area contributed by atoms with Crippen molar-refractivity contribution in [3.05, 3.63) is 57.3 Å². The molecule has 2 heterocycles. The van der Waals surface area contributed by atoms with Crippen molar-refractivity contribution in [2.45, 2.75) is 13.8 Å². The van der Waals surface area contributed by atoms with E-state index in [0.29, 0.717) is 38.7 Å². The van der Waals surface area contributed by atoms with Gasteiger partial charge in [-0.25, -0.2) is 9.97 Å². The second kappa shape index (κ2) is 11.9. The Labute approximate surface area is 228 Å². The molecule has 37 heavy (non-hydrogen) atoms. The van der Waals surface area contributed by atoms with E-state index in [1.54, 1.807) is 24.5 Å². The molecule has 1 fully saturated rings. The molecule has 0 spiro atoms. The summed E-state index contributed by atoms with van der Waals surface area (Å²) in [5.74, 6) is 1.40. The molecule has 0 aliphatic carbocycles. The molecule has 2 aromatic carbocycles. The van der Waals surface area contributed by atoms with E-state index in [1.165, 1.54) is 14.2 Å². The molecule has 3 N–H and O–H groups in total. The summed E-state index contributed by atoms with van der Waals surface area (Å²) < 4.78 is 10.7. The summed E-state index contributed by atoms with van der Waals surface area (Å²) >= 11 is 12.9. The van der Waals surface area contributed by atoms with Crippen LogP contribution >= 0.6 is 23.2 Å². The van der Waals surface area contributed by atoms with Crippen LogP contribution in [-0.2, 0) is 0 Å². The van der Waals surface area contributed by atoms with Crippen LogP contribution in [0.2, 0.25) is 10.0 Å². The van der Waals surface area contributed by atoms with Crippen molar-refractivity contribution in [1.29, 1.82) is 0 Å². The molecule has 1 aliphatic rings. The van der Waals surface area contributed by atoms with Crippen LogP contribution < -0.4 is 25.4 Å². The molecule has 0 radical (unpaired) electrons. The number of nitrogens with one attached hydrogen (secondary N) is 1. The fraction of sp³-hybridized carbons (Fsp3) is 0.333. The van der Waals surface area contributed by atoms with E-state index in [-0.39, 0.29) is 0 Å². The molecular formula is C27H32Cl2N6O2. The maximum absolute atomic E-state index is 6.45. The Morgan fingerprint density at radius 1 is 0.973 bits per heavy atom. The second-order valence-corrected chi connectivity index (χ2v) is 9.53. The number of halogens is 2. The highest BCUT2D eigenvalue weighted by atomic mass is 35.5. The molecule has 1 saturated heterocycles. The minimum absolute atomic E-state index is 0.394. The van der Waals surface area contributed by atoms with Gasteiger partial charge >= 0.3 is 0 Å². The first-order chi connectivity index (χ1) is 17.8. The molecule has 8 nitrogen and oxygen atoms in total. The highest BCUT2D eigenvalue weighted by molar-refractivity contribution is 6.39. The molecule has 0 atom stereocenters. The highest BCUT2D eigenvalue weighted by Crippen LogP contribution is 2.41. The monoisotopic (exact) mass is 542 g/mol. The normalized spacial score (nSPS) is 14.3. The number of nitrogen functional groups attached to an aromatic ring is 1. The van der Waals surface area contributed by atoms with Gasteiger partial charge in [-0.15, -0.1) is 0 Å². The van der Waals surface area contributed by atoms with Gasteiger partial charge in [0, 0.05) is 61.5 Å². The average Bonchev–Trinajstić information content (AvgIpc) is 2.91. The first kappa shape index (κ1) is 26.9. The summed E-state index contributed by atoms with van der Waals surface area (Å²) in [5.41, 5.74) is 11.4. The Kier molecular flexibility index (Phi) is 8.63. The number of methoxy groups -OCH3 is 2. The number of piperazine rings is 1. The van der Waals surface area contributed by atoms with Crippen LogP contribution in [0.25, 0.3) is 12.2 Å². The van der Waals surface area contributed by atoms with E-state index in [9.17, 15) is 0 Å². The Balaban J connectivity index is 1.48. The van der Waals surface area contributed by atoms with Crippen LogP contribution in [0, 0.1) is 6.92 Å². The van der Waals surface area contributed by atoms with Crippen molar-refractivity contribution in [2.75, 3.05) is 62.9 Å². The quantitative estimate of drug-likeness (QED) is 0.348. The Hall–Kier alpha value is -3.20. The van der Waals surface area contributed by atoms with Crippen LogP contribution in [0.1, 0.15) is 23.6 Å². The Morgan fingerprint density at radius 3 is 2.14 bits per heavy atom. The van der Waals surface area contributed by atoms with Crippen molar-refractivity contribution >= 4 is 58.4 Å². The van der Waals surface area contributed by atoms with Gasteiger partial charge in [0.15, 0.2) is 0 Å².